The third kappa shape index (κ3) is 2.94. The third-order valence-corrected chi connectivity index (χ3v) is 2.86. The second-order valence-corrected chi connectivity index (χ2v) is 4.34. The molecule has 0 fully saturated rings. The summed E-state index contributed by atoms with van der Waals surface area (Å²) in [6.45, 7) is 4.22. The highest BCUT2D eigenvalue weighted by Gasteiger charge is 2.04. The first-order valence-corrected chi connectivity index (χ1v) is 6.52. The first kappa shape index (κ1) is 13.0. The van der Waals surface area contributed by atoms with E-state index in [1.165, 1.54) is 0 Å². The lowest BCUT2D eigenvalue weighted by Crippen LogP contribution is -2.06. The molecule has 0 amide bonds. The van der Waals surface area contributed by atoms with Crippen LogP contribution in [-0.2, 0) is 0 Å². The van der Waals surface area contributed by atoms with Gasteiger partial charge in [0.2, 0.25) is 5.95 Å². The maximum atomic E-state index is 4.39. The third-order valence-electron chi connectivity index (χ3n) is 2.86. The summed E-state index contributed by atoms with van der Waals surface area (Å²) in [6, 6.07) is 9.87. The molecule has 1 aromatic carbocycles. The number of nitrogens with zero attached hydrogens (tertiary/aromatic N) is 4. The molecule has 6 nitrogen and oxygen atoms in total. The van der Waals surface area contributed by atoms with E-state index in [2.05, 4.69) is 37.4 Å². The summed E-state index contributed by atoms with van der Waals surface area (Å²) in [5.74, 6) is 1.06. The lowest BCUT2D eigenvalue weighted by molar-refractivity contribution is 0.968. The van der Waals surface area contributed by atoms with Gasteiger partial charge in [0.15, 0.2) is 5.82 Å². The topological polar surface area (TPSA) is 75.6 Å². The lowest BCUT2D eigenvalue weighted by atomic mass is 10.2. The average molecular weight is 278 g/mol. The summed E-state index contributed by atoms with van der Waals surface area (Å²) < 4.78 is 0. The van der Waals surface area contributed by atoms with Crippen LogP contribution in [0.15, 0.2) is 55.4 Å². The predicted molar refractivity (Wildman–Crippen MR) is 83.5 cm³/mol. The van der Waals surface area contributed by atoms with Crippen molar-refractivity contribution >= 4 is 28.4 Å². The highest BCUT2D eigenvalue weighted by molar-refractivity contribution is 5.91. The van der Waals surface area contributed by atoms with E-state index in [9.17, 15) is 0 Å². The molecular weight excluding hydrogens is 264 g/mol. The van der Waals surface area contributed by atoms with Crippen LogP contribution in [0.2, 0.25) is 0 Å². The number of hydrogen-bond acceptors (Lipinski definition) is 6. The normalized spacial score (nSPS) is 10.3. The van der Waals surface area contributed by atoms with E-state index in [4.69, 9.17) is 0 Å². The van der Waals surface area contributed by atoms with E-state index >= 15 is 0 Å². The van der Waals surface area contributed by atoms with Gasteiger partial charge in [0.05, 0.1) is 17.4 Å². The molecule has 0 unspecified atom stereocenters. The van der Waals surface area contributed by atoms with Gasteiger partial charge in [-0.25, -0.2) is 0 Å². The number of para-hydroxylation sites is 1. The Hall–Kier alpha value is -3.02. The molecule has 3 rings (SSSR count). The number of aromatic nitrogens is 4. The van der Waals surface area contributed by atoms with Crippen LogP contribution in [0.5, 0.6) is 0 Å². The van der Waals surface area contributed by atoms with E-state index in [-0.39, 0.29) is 0 Å². The molecule has 2 N–H and O–H groups in total. The Labute approximate surface area is 122 Å². The quantitative estimate of drug-likeness (QED) is 0.699. The zero-order valence-electron chi connectivity index (χ0n) is 11.3. The SMILES string of the molecule is C=CCNc1nncc(Nc2cccc3cccnc23)n1. The molecule has 0 aliphatic heterocycles. The molecule has 0 radical (unpaired) electrons. The first-order chi connectivity index (χ1) is 10.4. The first-order valence-electron chi connectivity index (χ1n) is 6.52. The van der Waals surface area contributed by atoms with Crippen molar-refractivity contribution in [1.29, 1.82) is 0 Å². The van der Waals surface area contributed by atoms with E-state index < -0.39 is 0 Å². The Kier molecular flexibility index (Phi) is 3.68. The van der Waals surface area contributed by atoms with Gasteiger partial charge in [-0.05, 0) is 12.1 Å². The van der Waals surface area contributed by atoms with Crippen LogP contribution in [-0.4, -0.2) is 26.7 Å². The highest BCUT2D eigenvalue weighted by atomic mass is 15.3. The molecule has 0 aliphatic carbocycles. The summed E-state index contributed by atoms with van der Waals surface area (Å²) in [6.07, 6.45) is 5.07. The van der Waals surface area contributed by atoms with Crippen LogP contribution >= 0.6 is 0 Å². The summed E-state index contributed by atoms with van der Waals surface area (Å²) in [5, 5.41) is 15.1. The highest BCUT2D eigenvalue weighted by Crippen LogP contribution is 2.23. The van der Waals surface area contributed by atoms with Gasteiger partial charge in [0.1, 0.15) is 0 Å². The number of benzene rings is 1. The van der Waals surface area contributed by atoms with Gasteiger partial charge in [-0.1, -0.05) is 24.3 Å². The Morgan fingerprint density at radius 3 is 3.00 bits per heavy atom. The summed E-state index contributed by atoms with van der Waals surface area (Å²) >= 11 is 0. The van der Waals surface area contributed by atoms with E-state index in [0.29, 0.717) is 18.3 Å². The van der Waals surface area contributed by atoms with E-state index in [0.717, 1.165) is 16.6 Å². The van der Waals surface area contributed by atoms with Crippen molar-refractivity contribution in [1.82, 2.24) is 20.2 Å². The molecular formula is C15H14N6. The number of anilines is 3. The number of pyridine rings is 1. The Morgan fingerprint density at radius 1 is 1.19 bits per heavy atom. The molecule has 104 valence electrons. The minimum atomic E-state index is 0.452. The fourth-order valence-corrected chi connectivity index (χ4v) is 1.95. The van der Waals surface area contributed by atoms with Crippen LogP contribution in [0.25, 0.3) is 10.9 Å². The van der Waals surface area contributed by atoms with Crippen molar-refractivity contribution in [2.75, 3.05) is 17.2 Å². The van der Waals surface area contributed by atoms with E-state index in [1.807, 2.05) is 30.3 Å². The number of rotatable bonds is 5. The Balaban J connectivity index is 1.90. The number of hydrogen-bond donors (Lipinski definition) is 2. The summed E-state index contributed by atoms with van der Waals surface area (Å²) in [4.78, 5) is 8.74. The molecule has 21 heavy (non-hydrogen) atoms. The van der Waals surface area contributed by atoms with Gasteiger partial charge >= 0.3 is 0 Å². The van der Waals surface area contributed by atoms with Crippen molar-refractivity contribution < 1.29 is 0 Å². The van der Waals surface area contributed by atoms with Crippen LogP contribution in [0.3, 0.4) is 0 Å². The average Bonchev–Trinajstić information content (AvgIpc) is 2.54. The largest absolute Gasteiger partial charge is 0.349 e. The lowest BCUT2D eigenvalue weighted by Gasteiger charge is -2.08. The number of fused-ring (bicyclic) bond motifs is 1. The van der Waals surface area contributed by atoms with Gasteiger partial charge in [-0.2, -0.15) is 10.1 Å². The smallest absolute Gasteiger partial charge is 0.244 e. The minimum Gasteiger partial charge on any atom is -0.349 e. The van der Waals surface area contributed by atoms with Crippen molar-refractivity contribution in [2.24, 2.45) is 0 Å². The maximum absolute atomic E-state index is 4.39. The van der Waals surface area contributed by atoms with Gasteiger partial charge in [-0.15, -0.1) is 11.7 Å². The van der Waals surface area contributed by atoms with Gasteiger partial charge in [0.25, 0.3) is 0 Å². The Morgan fingerprint density at radius 2 is 2.10 bits per heavy atom. The van der Waals surface area contributed by atoms with Crippen LogP contribution in [0.4, 0.5) is 17.5 Å². The molecule has 0 saturated carbocycles. The minimum absolute atomic E-state index is 0.452. The van der Waals surface area contributed by atoms with Gasteiger partial charge < -0.3 is 10.6 Å². The van der Waals surface area contributed by atoms with Gasteiger partial charge in [0, 0.05) is 18.1 Å². The molecule has 0 saturated heterocycles. The van der Waals surface area contributed by atoms with Crippen molar-refractivity contribution in [3.05, 3.63) is 55.4 Å². The molecule has 0 bridgehead atoms. The fourth-order valence-electron chi connectivity index (χ4n) is 1.95. The van der Waals surface area contributed by atoms with E-state index in [1.54, 1.807) is 18.5 Å². The molecule has 0 aliphatic rings. The van der Waals surface area contributed by atoms with Crippen LogP contribution in [0, 0.1) is 0 Å². The van der Waals surface area contributed by atoms with Crippen molar-refractivity contribution in [2.45, 2.75) is 0 Å². The zero-order chi connectivity index (χ0) is 14.5. The molecule has 6 heteroatoms. The van der Waals surface area contributed by atoms with Crippen molar-refractivity contribution in [3.63, 3.8) is 0 Å². The number of nitrogens with one attached hydrogen (secondary N) is 2. The zero-order valence-corrected chi connectivity index (χ0v) is 11.3. The second-order valence-electron chi connectivity index (χ2n) is 4.34. The predicted octanol–water partition coefficient (Wildman–Crippen LogP) is 2.76. The fraction of sp³-hybridized carbons (Fsp3) is 0.0667. The standard InChI is InChI=1S/C15H14N6/c1-2-8-17-15-20-13(10-18-21-15)19-12-7-3-5-11-6-4-9-16-14(11)12/h2-7,9-10H,1,8H2,(H2,17,19,20,21). The van der Waals surface area contributed by atoms with Crippen molar-refractivity contribution in [3.8, 4) is 0 Å². The summed E-state index contributed by atoms with van der Waals surface area (Å²) in [7, 11) is 0. The monoisotopic (exact) mass is 278 g/mol. The Bertz CT molecular complexity index is 765. The summed E-state index contributed by atoms with van der Waals surface area (Å²) in [5.41, 5.74) is 1.77. The molecule has 0 atom stereocenters. The molecule has 2 aromatic heterocycles. The molecule has 3 aromatic rings. The van der Waals surface area contributed by atoms with Gasteiger partial charge in [-0.3, -0.25) is 4.98 Å². The van der Waals surface area contributed by atoms with Crippen LogP contribution in [0.1, 0.15) is 0 Å². The second kappa shape index (κ2) is 5.96. The maximum Gasteiger partial charge on any atom is 0.244 e. The van der Waals surface area contributed by atoms with Crippen LogP contribution < -0.4 is 10.6 Å². The molecule has 0 spiro atoms. The molecule has 2 heterocycles.